The molecule has 0 fully saturated rings. The molecule has 1 heterocycles. The van der Waals surface area contributed by atoms with Gasteiger partial charge in [-0.1, -0.05) is 23.2 Å². The molecule has 3 nitrogen and oxygen atoms in total. The number of benzene rings is 2. The van der Waals surface area contributed by atoms with Crippen molar-refractivity contribution in [3.8, 4) is 0 Å². The van der Waals surface area contributed by atoms with E-state index in [1.54, 1.807) is 12.1 Å². The molecule has 0 unspecified atom stereocenters. The molecule has 2 aromatic rings. The molecule has 1 N–H and O–H groups in total. The summed E-state index contributed by atoms with van der Waals surface area (Å²) >= 11 is 16.5. The van der Waals surface area contributed by atoms with Gasteiger partial charge in [-0.3, -0.25) is 14.9 Å². The molecule has 0 spiro atoms. The second kappa shape index (κ2) is 4.71. The van der Waals surface area contributed by atoms with Crippen molar-refractivity contribution in [1.82, 2.24) is 5.32 Å². The third-order valence-electron chi connectivity index (χ3n) is 2.91. The number of hydrogen-bond acceptors (Lipinski definition) is 2. The van der Waals surface area contributed by atoms with Crippen LogP contribution >= 0.6 is 68.4 Å². The van der Waals surface area contributed by atoms with Crippen LogP contribution in [0, 0.1) is 7.14 Å². The average molecular weight is 518 g/mol. The van der Waals surface area contributed by atoms with Gasteiger partial charge >= 0.3 is 0 Å². The van der Waals surface area contributed by atoms with Crippen molar-refractivity contribution in [2.75, 3.05) is 0 Å². The Labute approximate surface area is 145 Å². The largest absolute Gasteiger partial charge is 0.288 e. The fraction of sp³-hybridized carbons (Fsp3) is 0. The second-order valence-corrected chi connectivity index (χ2v) is 6.95. The first-order valence-electron chi connectivity index (χ1n) is 5.07. The fourth-order valence-electron chi connectivity index (χ4n) is 2.09. The lowest BCUT2D eigenvalue weighted by Gasteiger charge is -2.19. The number of nitrogens with one attached hydrogen (secondary N) is 1. The van der Waals surface area contributed by atoms with Crippen molar-refractivity contribution < 1.29 is 9.59 Å². The standard InChI is InChI=1S/C12H3Cl2I2NO2/c13-5-1-3-7-4(12(19)17-11(3)18)2-6(14)10(16)8(7)9(5)15/h1-2H,(H,17,18,19). The molecule has 1 aliphatic rings. The topological polar surface area (TPSA) is 46.2 Å². The van der Waals surface area contributed by atoms with Gasteiger partial charge < -0.3 is 0 Å². The molecule has 2 amide bonds. The molecule has 2 aromatic carbocycles. The van der Waals surface area contributed by atoms with Crippen molar-refractivity contribution in [3.05, 3.63) is 40.4 Å². The zero-order valence-electron chi connectivity index (χ0n) is 8.98. The third kappa shape index (κ3) is 1.97. The molecule has 1 aliphatic heterocycles. The second-order valence-electron chi connectivity index (χ2n) is 3.97. The van der Waals surface area contributed by atoms with E-state index in [9.17, 15) is 9.59 Å². The van der Waals surface area contributed by atoms with E-state index >= 15 is 0 Å². The Morgan fingerprint density at radius 1 is 0.842 bits per heavy atom. The van der Waals surface area contributed by atoms with E-state index in [-0.39, 0.29) is 0 Å². The maximum absolute atomic E-state index is 11.9. The highest BCUT2D eigenvalue weighted by atomic mass is 127. The molecular formula is C12H3Cl2I2NO2. The number of hydrogen-bond donors (Lipinski definition) is 1. The number of carbonyl (C=O) groups is 2. The van der Waals surface area contributed by atoms with E-state index in [4.69, 9.17) is 23.2 Å². The van der Waals surface area contributed by atoms with E-state index in [0.29, 0.717) is 26.6 Å². The maximum atomic E-state index is 11.9. The number of rotatable bonds is 0. The molecule has 0 atom stereocenters. The molecule has 19 heavy (non-hydrogen) atoms. The molecule has 0 aliphatic carbocycles. The van der Waals surface area contributed by atoms with Crippen molar-refractivity contribution in [3.63, 3.8) is 0 Å². The van der Waals surface area contributed by atoms with Gasteiger partial charge in [-0.2, -0.15) is 0 Å². The lowest BCUT2D eigenvalue weighted by molar-refractivity contribution is 0.0845. The van der Waals surface area contributed by atoms with E-state index < -0.39 is 11.8 Å². The van der Waals surface area contributed by atoms with Gasteiger partial charge in [-0.05, 0) is 57.3 Å². The minimum Gasteiger partial charge on any atom is -0.288 e. The van der Waals surface area contributed by atoms with Crippen LogP contribution in [0.25, 0.3) is 10.8 Å². The molecule has 0 bridgehead atoms. The van der Waals surface area contributed by atoms with Crippen LogP contribution in [0.3, 0.4) is 0 Å². The zero-order chi connectivity index (χ0) is 13.9. The highest BCUT2D eigenvalue weighted by molar-refractivity contribution is 14.1. The van der Waals surface area contributed by atoms with E-state index in [2.05, 4.69) is 50.5 Å². The van der Waals surface area contributed by atoms with E-state index in [1.807, 2.05) is 0 Å². The maximum Gasteiger partial charge on any atom is 0.258 e. The summed E-state index contributed by atoms with van der Waals surface area (Å²) in [5.41, 5.74) is 0.814. The van der Waals surface area contributed by atoms with Crippen molar-refractivity contribution >= 4 is 91.0 Å². The van der Waals surface area contributed by atoms with Crippen LogP contribution in [0.15, 0.2) is 12.1 Å². The molecule has 0 radical (unpaired) electrons. The van der Waals surface area contributed by atoms with Gasteiger partial charge in [0.25, 0.3) is 11.8 Å². The quantitative estimate of drug-likeness (QED) is 0.420. The normalized spacial score (nSPS) is 13.9. The first-order valence-corrected chi connectivity index (χ1v) is 7.98. The predicted molar refractivity (Wildman–Crippen MR) is 91.2 cm³/mol. The molecule has 0 saturated carbocycles. The smallest absolute Gasteiger partial charge is 0.258 e. The van der Waals surface area contributed by atoms with Gasteiger partial charge in [-0.25, -0.2) is 0 Å². The van der Waals surface area contributed by atoms with Gasteiger partial charge in [-0.15, -0.1) is 0 Å². The van der Waals surface area contributed by atoms with Crippen molar-refractivity contribution in [2.24, 2.45) is 0 Å². The summed E-state index contributed by atoms with van der Waals surface area (Å²) in [6.07, 6.45) is 0. The number of amides is 2. The fourth-order valence-corrected chi connectivity index (χ4v) is 4.40. The minimum absolute atomic E-state index is 0.407. The van der Waals surface area contributed by atoms with Gasteiger partial charge in [0.15, 0.2) is 0 Å². The first-order chi connectivity index (χ1) is 8.91. The highest BCUT2D eigenvalue weighted by Crippen LogP contribution is 2.40. The lowest BCUT2D eigenvalue weighted by atomic mass is 9.95. The predicted octanol–water partition coefficient (Wildman–Crippen LogP) is 4.24. The molecule has 0 aromatic heterocycles. The van der Waals surface area contributed by atoms with Gasteiger partial charge in [0, 0.05) is 29.0 Å². The summed E-state index contributed by atoms with van der Waals surface area (Å²) in [7, 11) is 0. The average Bonchev–Trinajstić information content (AvgIpc) is 2.35. The summed E-state index contributed by atoms with van der Waals surface area (Å²) in [5.74, 6) is -0.863. The van der Waals surface area contributed by atoms with Crippen LogP contribution in [0.1, 0.15) is 20.7 Å². The first kappa shape index (κ1) is 13.8. The number of halogens is 4. The van der Waals surface area contributed by atoms with Gasteiger partial charge in [0.2, 0.25) is 0 Å². The monoisotopic (exact) mass is 517 g/mol. The Morgan fingerprint density at radius 3 is 1.68 bits per heavy atom. The Hall–Kier alpha value is -0.120. The molecular weight excluding hydrogens is 515 g/mol. The molecule has 3 rings (SSSR count). The van der Waals surface area contributed by atoms with E-state index in [1.165, 1.54) is 0 Å². The van der Waals surface area contributed by atoms with Crippen LogP contribution in [-0.2, 0) is 0 Å². The highest BCUT2D eigenvalue weighted by Gasteiger charge is 2.29. The molecule has 7 heteroatoms. The summed E-state index contributed by atoms with van der Waals surface area (Å²) in [5, 5.41) is 4.61. The third-order valence-corrected chi connectivity index (χ3v) is 6.38. The Balaban J connectivity index is 2.66. The number of carbonyl (C=O) groups excluding carboxylic acids is 2. The summed E-state index contributed by atoms with van der Waals surface area (Å²) in [4.78, 5) is 23.8. The summed E-state index contributed by atoms with van der Waals surface area (Å²) in [6, 6.07) is 3.17. The number of imide groups is 1. The molecule has 0 saturated heterocycles. The Kier molecular flexibility index (Phi) is 3.43. The summed E-state index contributed by atoms with van der Waals surface area (Å²) in [6.45, 7) is 0. The minimum atomic E-state index is -0.432. The molecule has 96 valence electrons. The van der Waals surface area contributed by atoms with Gasteiger partial charge in [0.05, 0.1) is 10.0 Å². The van der Waals surface area contributed by atoms with Crippen molar-refractivity contribution in [2.45, 2.75) is 0 Å². The van der Waals surface area contributed by atoms with Crippen LogP contribution in [0.4, 0.5) is 0 Å². The lowest BCUT2D eigenvalue weighted by Crippen LogP contribution is -2.35. The van der Waals surface area contributed by atoms with Crippen LogP contribution in [0.2, 0.25) is 10.0 Å². The van der Waals surface area contributed by atoms with Crippen molar-refractivity contribution in [1.29, 1.82) is 0 Å². The Morgan fingerprint density at radius 2 is 1.26 bits per heavy atom. The van der Waals surface area contributed by atoms with Gasteiger partial charge in [0.1, 0.15) is 0 Å². The van der Waals surface area contributed by atoms with Crippen LogP contribution in [-0.4, -0.2) is 11.8 Å². The van der Waals surface area contributed by atoms with E-state index in [0.717, 1.165) is 12.5 Å². The van der Waals surface area contributed by atoms with Crippen LogP contribution in [0.5, 0.6) is 0 Å². The van der Waals surface area contributed by atoms with Crippen LogP contribution < -0.4 is 5.32 Å². The zero-order valence-corrected chi connectivity index (χ0v) is 14.8. The summed E-state index contributed by atoms with van der Waals surface area (Å²) < 4.78 is 1.57. The SMILES string of the molecule is O=C1NC(=O)c2cc(Cl)c(I)c3c(I)c(Cl)cc1c23. The Bertz CT molecular complexity index is 729.